The van der Waals surface area contributed by atoms with E-state index in [1.165, 1.54) is 63.9 Å². The summed E-state index contributed by atoms with van der Waals surface area (Å²) in [6.07, 6.45) is 9.92. The van der Waals surface area contributed by atoms with E-state index in [2.05, 4.69) is 33.7 Å². The largest absolute Gasteiger partial charge is 0.357 e. The van der Waals surface area contributed by atoms with Gasteiger partial charge < -0.3 is 15.5 Å². The van der Waals surface area contributed by atoms with Crippen LogP contribution in [0.1, 0.15) is 45.4 Å². The molecule has 4 nitrogen and oxygen atoms in total. The zero-order valence-electron chi connectivity index (χ0n) is 14.4. The fraction of sp³-hybridized carbons (Fsp3) is 0.938. The SMILES string of the molecule is CCNC(=NCCCCN1CCCC1)NCCCCSC.I. The van der Waals surface area contributed by atoms with E-state index in [0.29, 0.717) is 0 Å². The van der Waals surface area contributed by atoms with Gasteiger partial charge in [-0.15, -0.1) is 24.0 Å². The summed E-state index contributed by atoms with van der Waals surface area (Å²) in [4.78, 5) is 7.25. The van der Waals surface area contributed by atoms with Gasteiger partial charge in [0.2, 0.25) is 0 Å². The Bertz CT molecular complexity index is 271. The minimum absolute atomic E-state index is 0. The van der Waals surface area contributed by atoms with Crippen molar-refractivity contribution < 1.29 is 0 Å². The molecule has 0 atom stereocenters. The first-order valence-electron chi connectivity index (χ1n) is 8.60. The van der Waals surface area contributed by atoms with Crippen molar-refractivity contribution in [3.8, 4) is 0 Å². The van der Waals surface area contributed by atoms with Crippen LogP contribution in [0.5, 0.6) is 0 Å². The number of hydrogen-bond acceptors (Lipinski definition) is 3. The van der Waals surface area contributed by atoms with E-state index >= 15 is 0 Å². The summed E-state index contributed by atoms with van der Waals surface area (Å²) in [7, 11) is 0. The lowest BCUT2D eigenvalue weighted by molar-refractivity contribution is 0.331. The third-order valence-corrected chi connectivity index (χ3v) is 4.46. The quantitative estimate of drug-likeness (QED) is 0.223. The van der Waals surface area contributed by atoms with Gasteiger partial charge >= 0.3 is 0 Å². The fourth-order valence-electron chi connectivity index (χ4n) is 2.56. The molecular weight excluding hydrogens is 407 g/mol. The number of halogens is 1. The number of guanidine groups is 1. The van der Waals surface area contributed by atoms with Crippen molar-refractivity contribution in [1.29, 1.82) is 0 Å². The lowest BCUT2D eigenvalue weighted by atomic mass is 10.3. The van der Waals surface area contributed by atoms with E-state index in [1.807, 2.05) is 11.8 Å². The summed E-state index contributed by atoms with van der Waals surface area (Å²) < 4.78 is 0. The maximum absolute atomic E-state index is 4.67. The van der Waals surface area contributed by atoms with Gasteiger partial charge in [-0.1, -0.05) is 0 Å². The van der Waals surface area contributed by atoms with Crippen molar-refractivity contribution in [2.75, 3.05) is 51.3 Å². The van der Waals surface area contributed by atoms with Crippen LogP contribution >= 0.6 is 35.7 Å². The molecule has 22 heavy (non-hydrogen) atoms. The predicted octanol–water partition coefficient (Wildman–Crippen LogP) is 3.18. The van der Waals surface area contributed by atoms with Crippen LogP contribution in [0.3, 0.4) is 0 Å². The molecule has 1 heterocycles. The molecule has 132 valence electrons. The van der Waals surface area contributed by atoms with E-state index in [9.17, 15) is 0 Å². The second-order valence-corrected chi connectivity index (χ2v) is 6.63. The molecular formula is C16H35IN4S. The Kier molecular flexibility index (Phi) is 16.4. The van der Waals surface area contributed by atoms with Crippen LogP contribution in [0.2, 0.25) is 0 Å². The Labute approximate surface area is 158 Å². The average molecular weight is 442 g/mol. The summed E-state index contributed by atoms with van der Waals surface area (Å²) >= 11 is 1.92. The number of nitrogens with one attached hydrogen (secondary N) is 2. The smallest absolute Gasteiger partial charge is 0.191 e. The number of rotatable bonds is 11. The highest BCUT2D eigenvalue weighted by Crippen LogP contribution is 2.08. The molecule has 0 aromatic rings. The standard InChI is InChI=1S/C16H34N4S.HI/c1-3-17-16(19-11-5-9-15-21-2)18-10-4-6-12-20-13-7-8-14-20;/h3-15H2,1-2H3,(H2,17,18,19);1H. The maximum Gasteiger partial charge on any atom is 0.191 e. The minimum atomic E-state index is 0. The van der Waals surface area contributed by atoms with Gasteiger partial charge in [0, 0.05) is 19.6 Å². The first-order chi connectivity index (χ1) is 10.4. The van der Waals surface area contributed by atoms with Crippen LogP contribution in [0.15, 0.2) is 4.99 Å². The van der Waals surface area contributed by atoms with Gasteiger partial charge in [-0.2, -0.15) is 11.8 Å². The summed E-state index contributed by atoms with van der Waals surface area (Å²) in [5.74, 6) is 2.24. The van der Waals surface area contributed by atoms with E-state index in [-0.39, 0.29) is 24.0 Å². The van der Waals surface area contributed by atoms with Gasteiger partial charge in [0.05, 0.1) is 0 Å². The van der Waals surface area contributed by atoms with Gasteiger partial charge in [-0.05, 0) is 77.1 Å². The minimum Gasteiger partial charge on any atom is -0.357 e. The molecule has 0 unspecified atom stereocenters. The number of hydrogen-bond donors (Lipinski definition) is 2. The van der Waals surface area contributed by atoms with Crippen molar-refractivity contribution in [3.05, 3.63) is 0 Å². The second kappa shape index (κ2) is 16.2. The normalized spacial score (nSPS) is 15.6. The van der Waals surface area contributed by atoms with Gasteiger partial charge in [0.25, 0.3) is 0 Å². The van der Waals surface area contributed by atoms with Crippen LogP contribution in [-0.4, -0.2) is 62.1 Å². The van der Waals surface area contributed by atoms with E-state index in [1.54, 1.807) is 0 Å². The van der Waals surface area contributed by atoms with Gasteiger partial charge in [-0.25, -0.2) is 0 Å². The van der Waals surface area contributed by atoms with Crippen molar-refractivity contribution >= 4 is 41.7 Å². The Morgan fingerprint density at radius 3 is 2.55 bits per heavy atom. The summed E-state index contributed by atoms with van der Waals surface area (Å²) in [5, 5.41) is 6.76. The number of unbranched alkanes of at least 4 members (excludes halogenated alkanes) is 2. The molecule has 0 amide bonds. The molecule has 0 aliphatic carbocycles. The van der Waals surface area contributed by atoms with Crippen LogP contribution in [-0.2, 0) is 0 Å². The average Bonchev–Trinajstić information content (AvgIpc) is 3.00. The highest BCUT2D eigenvalue weighted by atomic mass is 127. The molecule has 0 saturated carbocycles. The van der Waals surface area contributed by atoms with Crippen molar-refractivity contribution in [2.24, 2.45) is 4.99 Å². The Hall–Kier alpha value is 0.310. The van der Waals surface area contributed by atoms with Crippen molar-refractivity contribution in [3.63, 3.8) is 0 Å². The zero-order chi connectivity index (χ0) is 15.2. The fourth-order valence-corrected chi connectivity index (χ4v) is 3.06. The Balaban J connectivity index is 0.00000441. The highest BCUT2D eigenvalue weighted by molar-refractivity contribution is 14.0. The molecule has 6 heteroatoms. The summed E-state index contributed by atoms with van der Waals surface area (Å²) in [6, 6.07) is 0. The predicted molar refractivity (Wildman–Crippen MR) is 112 cm³/mol. The topological polar surface area (TPSA) is 39.7 Å². The van der Waals surface area contributed by atoms with E-state index < -0.39 is 0 Å². The van der Waals surface area contributed by atoms with E-state index in [4.69, 9.17) is 0 Å². The van der Waals surface area contributed by atoms with Crippen LogP contribution in [0, 0.1) is 0 Å². The molecule has 2 N–H and O–H groups in total. The zero-order valence-corrected chi connectivity index (χ0v) is 17.6. The molecule has 1 rings (SSSR count). The molecule has 0 aromatic heterocycles. The lowest BCUT2D eigenvalue weighted by Crippen LogP contribution is -2.37. The molecule has 0 spiro atoms. The molecule has 0 aromatic carbocycles. The number of likely N-dealkylation sites (tertiary alicyclic amines) is 1. The molecule has 1 aliphatic heterocycles. The second-order valence-electron chi connectivity index (χ2n) is 5.64. The van der Waals surface area contributed by atoms with E-state index in [0.717, 1.165) is 25.6 Å². The summed E-state index contributed by atoms with van der Waals surface area (Å²) in [6.45, 7) is 8.90. The van der Waals surface area contributed by atoms with Gasteiger partial charge in [0.1, 0.15) is 0 Å². The lowest BCUT2D eigenvalue weighted by Gasteiger charge is -2.14. The monoisotopic (exact) mass is 442 g/mol. The molecule has 1 fully saturated rings. The third-order valence-electron chi connectivity index (χ3n) is 3.76. The highest BCUT2D eigenvalue weighted by Gasteiger charge is 2.09. The van der Waals surface area contributed by atoms with Crippen molar-refractivity contribution in [2.45, 2.75) is 45.4 Å². The Morgan fingerprint density at radius 1 is 1.09 bits per heavy atom. The first kappa shape index (κ1) is 22.3. The van der Waals surface area contributed by atoms with Crippen LogP contribution in [0.25, 0.3) is 0 Å². The van der Waals surface area contributed by atoms with Crippen LogP contribution < -0.4 is 10.6 Å². The molecule has 0 radical (unpaired) electrons. The number of thioether (sulfide) groups is 1. The van der Waals surface area contributed by atoms with Gasteiger partial charge in [0.15, 0.2) is 5.96 Å². The third kappa shape index (κ3) is 11.8. The molecule has 1 saturated heterocycles. The maximum atomic E-state index is 4.67. The van der Waals surface area contributed by atoms with Gasteiger partial charge in [-0.3, -0.25) is 4.99 Å². The molecule has 1 aliphatic rings. The Morgan fingerprint density at radius 2 is 1.86 bits per heavy atom. The summed E-state index contributed by atoms with van der Waals surface area (Å²) in [5.41, 5.74) is 0. The van der Waals surface area contributed by atoms with Crippen LogP contribution in [0.4, 0.5) is 0 Å². The molecule has 0 bridgehead atoms. The number of aliphatic imine (C=N–C) groups is 1. The first-order valence-corrected chi connectivity index (χ1v) is 9.99. The number of nitrogens with zero attached hydrogens (tertiary/aromatic N) is 2. The van der Waals surface area contributed by atoms with Crippen molar-refractivity contribution in [1.82, 2.24) is 15.5 Å².